The molecule has 1 nitrogen and oxygen atoms in total. The molecule has 0 aliphatic heterocycles. The van der Waals surface area contributed by atoms with E-state index in [1.54, 1.807) is 6.07 Å². The topological polar surface area (TPSA) is 12.0 Å². The summed E-state index contributed by atoms with van der Waals surface area (Å²) in [5, 5.41) is 4.58. The van der Waals surface area contributed by atoms with E-state index in [2.05, 4.69) is 17.4 Å². The lowest BCUT2D eigenvalue weighted by Gasteiger charge is -2.07. The molecule has 0 fully saturated rings. The Kier molecular flexibility index (Phi) is 4.43. The molecule has 3 heteroatoms. The summed E-state index contributed by atoms with van der Waals surface area (Å²) < 4.78 is 0. The highest BCUT2D eigenvalue weighted by Crippen LogP contribution is 2.25. The molecular weight excluding hydrogens is 253 g/mol. The molecule has 0 saturated carbocycles. The van der Waals surface area contributed by atoms with Crippen LogP contribution in [0.3, 0.4) is 0 Å². The highest BCUT2D eigenvalue weighted by Gasteiger charge is 2.03. The summed E-state index contributed by atoms with van der Waals surface area (Å²) in [6.45, 7) is 1.54. The summed E-state index contributed by atoms with van der Waals surface area (Å²) in [7, 11) is 0. The molecule has 2 rings (SSSR count). The maximum atomic E-state index is 6.10. The van der Waals surface area contributed by atoms with E-state index < -0.39 is 0 Å². The summed E-state index contributed by atoms with van der Waals surface area (Å²) >= 11 is 12.1. The van der Waals surface area contributed by atoms with Crippen molar-refractivity contribution >= 4 is 23.2 Å². The summed E-state index contributed by atoms with van der Waals surface area (Å²) in [5.41, 5.74) is 2.28. The zero-order valence-electron chi connectivity index (χ0n) is 9.29. The normalized spacial score (nSPS) is 10.5. The first kappa shape index (κ1) is 12.4. The van der Waals surface area contributed by atoms with Crippen molar-refractivity contribution in [3.05, 3.63) is 69.7 Å². The highest BCUT2D eigenvalue weighted by molar-refractivity contribution is 6.42. The minimum absolute atomic E-state index is 0.602. The Morgan fingerprint density at radius 1 is 0.824 bits per heavy atom. The van der Waals surface area contributed by atoms with Crippen LogP contribution in [0.1, 0.15) is 11.1 Å². The minimum atomic E-state index is 0.602. The number of hydrogen-bond donors (Lipinski definition) is 1. The van der Waals surface area contributed by atoms with Gasteiger partial charge in [-0.25, -0.2) is 0 Å². The van der Waals surface area contributed by atoms with Crippen LogP contribution in [0.4, 0.5) is 0 Å². The molecule has 0 atom stereocenters. The first-order valence-electron chi connectivity index (χ1n) is 5.45. The SMILES string of the molecule is Clc1cccc(CNCc2ccccc2)c1Cl. The zero-order valence-corrected chi connectivity index (χ0v) is 10.8. The van der Waals surface area contributed by atoms with E-state index in [1.165, 1.54) is 5.56 Å². The molecule has 0 bridgehead atoms. The Hall–Kier alpha value is -1.02. The Morgan fingerprint density at radius 3 is 2.35 bits per heavy atom. The van der Waals surface area contributed by atoms with Gasteiger partial charge in [-0.15, -0.1) is 0 Å². The predicted octanol–water partition coefficient (Wildman–Crippen LogP) is 4.28. The fourth-order valence-corrected chi connectivity index (χ4v) is 2.01. The number of nitrogens with one attached hydrogen (secondary N) is 1. The van der Waals surface area contributed by atoms with Gasteiger partial charge in [0, 0.05) is 13.1 Å². The smallest absolute Gasteiger partial charge is 0.0637 e. The predicted molar refractivity (Wildman–Crippen MR) is 73.4 cm³/mol. The van der Waals surface area contributed by atoms with Crippen LogP contribution in [0.15, 0.2) is 48.5 Å². The second kappa shape index (κ2) is 6.06. The molecule has 0 unspecified atom stereocenters. The van der Waals surface area contributed by atoms with Crippen molar-refractivity contribution in [2.24, 2.45) is 0 Å². The van der Waals surface area contributed by atoms with Crippen molar-refractivity contribution in [2.75, 3.05) is 0 Å². The second-order valence-electron chi connectivity index (χ2n) is 3.80. The van der Waals surface area contributed by atoms with E-state index in [1.807, 2.05) is 30.3 Å². The van der Waals surface area contributed by atoms with Crippen LogP contribution in [0.25, 0.3) is 0 Å². The Bertz CT molecular complexity index is 483. The number of hydrogen-bond acceptors (Lipinski definition) is 1. The van der Waals surface area contributed by atoms with E-state index in [4.69, 9.17) is 23.2 Å². The first-order valence-corrected chi connectivity index (χ1v) is 6.20. The highest BCUT2D eigenvalue weighted by atomic mass is 35.5. The number of rotatable bonds is 4. The largest absolute Gasteiger partial charge is 0.309 e. The van der Waals surface area contributed by atoms with Gasteiger partial charge in [-0.3, -0.25) is 0 Å². The van der Waals surface area contributed by atoms with E-state index in [0.29, 0.717) is 16.6 Å². The molecule has 1 N–H and O–H groups in total. The summed E-state index contributed by atoms with van der Waals surface area (Å²) in [6.07, 6.45) is 0. The van der Waals surface area contributed by atoms with Crippen LogP contribution in [0.2, 0.25) is 10.0 Å². The van der Waals surface area contributed by atoms with Crippen molar-refractivity contribution in [1.29, 1.82) is 0 Å². The second-order valence-corrected chi connectivity index (χ2v) is 4.59. The molecule has 0 aliphatic carbocycles. The monoisotopic (exact) mass is 265 g/mol. The lowest BCUT2D eigenvalue weighted by atomic mass is 10.2. The fraction of sp³-hybridized carbons (Fsp3) is 0.143. The molecule has 17 heavy (non-hydrogen) atoms. The zero-order chi connectivity index (χ0) is 12.1. The van der Waals surface area contributed by atoms with Gasteiger partial charge in [-0.2, -0.15) is 0 Å². The van der Waals surface area contributed by atoms with Gasteiger partial charge in [-0.05, 0) is 17.2 Å². The van der Waals surface area contributed by atoms with Gasteiger partial charge in [0.05, 0.1) is 10.0 Å². The lowest BCUT2D eigenvalue weighted by Crippen LogP contribution is -2.12. The van der Waals surface area contributed by atoms with Crippen LogP contribution in [0.5, 0.6) is 0 Å². The van der Waals surface area contributed by atoms with E-state index in [0.717, 1.165) is 12.1 Å². The third-order valence-corrected chi connectivity index (χ3v) is 3.38. The van der Waals surface area contributed by atoms with Gasteiger partial charge in [-0.1, -0.05) is 65.7 Å². The van der Waals surface area contributed by atoms with Crippen LogP contribution in [0, 0.1) is 0 Å². The van der Waals surface area contributed by atoms with Crippen molar-refractivity contribution in [3.63, 3.8) is 0 Å². The Morgan fingerprint density at radius 2 is 1.59 bits per heavy atom. The Balaban J connectivity index is 1.93. The average molecular weight is 266 g/mol. The standard InChI is InChI=1S/C14H13Cl2N/c15-13-8-4-7-12(14(13)16)10-17-9-11-5-2-1-3-6-11/h1-8,17H,9-10H2. The average Bonchev–Trinajstić information content (AvgIpc) is 2.36. The van der Waals surface area contributed by atoms with Gasteiger partial charge in [0.25, 0.3) is 0 Å². The fourth-order valence-electron chi connectivity index (χ4n) is 1.62. The molecular formula is C14H13Cl2N. The van der Waals surface area contributed by atoms with Crippen LogP contribution >= 0.6 is 23.2 Å². The van der Waals surface area contributed by atoms with Crippen LogP contribution in [-0.4, -0.2) is 0 Å². The number of benzene rings is 2. The van der Waals surface area contributed by atoms with Crippen LogP contribution < -0.4 is 5.32 Å². The van der Waals surface area contributed by atoms with Gasteiger partial charge < -0.3 is 5.32 Å². The van der Waals surface area contributed by atoms with Crippen molar-refractivity contribution in [1.82, 2.24) is 5.32 Å². The number of halogens is 2. The van der Waals surface area contributed by atoms with Gasteiger partial charge in [0.1, 0.15) is 0 Å². The Labute approximate surface area is 111 Å². The molecule has 0 spiro atoms. The quantitative estimate of drug-likeness (QED) is 0.870. The minimum Gasteiger partial charge on any atom is -0.309 e. The molecule has 2 aromatic carbocycles. The molecule has 0 saturated heterocycles. The third kappa shape index (κ3) is 3.47. The summed E-state index contributed by atoms with van der Waals surface area (Å²) in [5.74, 6) is 0. The van der Waals surface area contributed by atoms with Gasteiger partial charge in [0.2, 0.25) is 0 Å². The molecule has 0 radical (unpaired) electrons. The van der Waals surface area contributed by atoms with E-state index in [9.17, 15) is 0 Å². The first-order chi connectivity index (χ1) is 8.27. The lowest BCUT2D eigenvalue weighted by molar-refractivity contribution is 0.693. The maximum Gasteiger partial charge on any atom is 0.0637 e. The molecule has 0 aliphatic rings. The van der Waals surface area contributed by atoms with Gasteiger partial charge in [0.15, 0.2) is 0 Å². The molecule has 0 amide bonds. The maximum absolute atomic E-state index is 6.10. The van der Waals surface area contributed by atoms with E-state index >= 15 is 0 Å². The molecule has 0 heterocycles. The molecule has 2 aromatic rings. The van der Waals surface area contributed by atoms with Gasteiger partial charge >= 0.3 is 0 Å². The van der Waals surface area contributed by atoms with E-state index in [-0.39, 0.29) is 0 Å². The van der Waals surface area contributed by atoms with Crippen molar-refractivity contribution < 1.29 is 0 Å². The summed E-state index contributed by atoms with van der Waals surface area (Å²) in [6, 6.07) is 15.9. The third-order valence-electron chi connectivity index (χ3n) is 2.52. The molecule has 88 valence electrons. The van der Waals surface area contributed by atoms with Crippen molar-refractivity contribution in [3.8, 4) is 0 Å². The van der Waals surface area contributed by atoms with Crippen LogP contribution in [-0.2, 0) is 13.1 Å². The summed E-state index contributed by atoms with van der Waals surface area (Å²) in [4.78, 5) is 0. The van der Waals surface area contributed by atoms with Crippen molar-refractivity contribution in [2.45, 2.75) is 13.1 Å². The molecule has 0 aromatic heterocycles.